The first-order chi connectivity index (χ1) is 19.0. The Morgan fingerprint density at radius 3 is 1.23 bits per heavy atom. The molecule has 4 heteroatoms. The molecule has 0 bridgehead atoms. The minimum absolute atomic E-state index is 0.145. The average Bonchev–Trinajstić information content (AvgIpc) is 2.91. The highest BCUT2D eigenvalue weighted by Gasteiger charge is 2.21. The van der Waals surface area contributed by atoms with E-state index < -0.39 is 5.97 Å². The third-order valence-electron chi connectivity index (χ3n) is 8.21. The van der Waals surface area contributed by atoms with Crippen LogP contribution in [-0.4, -0.2) is 22.6 Å². The van der Waals surface area contributed by atoms with E-state index in [-0.39, 0.29) is 23.9 Å². The Balaban J connectivity index is 4.08. The number of aliphatic carboxylic acids is 1. The summed E-state index contributed by atoms with van der Waals surface area (Å²) in [5.41, 5.74) is 0. The van der Waals surface area contributed by atoms with Gasteiger partial charge in [-0.1, -0.05) is 149 Å². The molecule has 4 nitrogen and oxygen atoms in total. The molecule has 0 aromatic heterocycles. The standard InChI is InChI=1S/C35H66O4/c1-3-5-7-9-11-13-15-17-19-21-23-28-33(36)31-32(27-25-26-30-35(38)39)34(37)29-24-22-20-18-16-14-12-10-8-6-4-2/h32H,3-31H2,1-2H3,(H,38,39). The molecule has 0 aliphatic carbocycles. The Kier molecular flexibility index (Phi) is 28.9. The Morgan fingerprint density at radius 1 is 0.462 bits per heavy atom. The molecule has 0 fully saturated rings. The van der Waals surface area contributed by atoms with Crippen molar-refractivity contribution in [2.45, 2.75) is 200 Å². The molecule has 0 aromatic rings. The lowest BCUT2D eigenvalue weighted by atomic mass is 9.88. The van der Waals surface area contributed by atoms with E-state index >= 15 is 0 Å². The number of unbranched alkanes of at least 4 members (excludes halogenated alkanes) is 21. The second kappa shape index (κ2) is 29.8. The molecule has 0 amide bonds. The SMILES string of the molecule is CCCCCCCCCCCCCC(=O)CC(CCCCC(=O)O)C(=O)CCCCCCCCCCCCC. The van der Waals surface area contributed by atoms with Gasteiger partial charge >= 0.3 is 5.97 Å². The number of Topliss-reactive ketones (excluding diaryl/α,β-unsaturated/α-hetero) is 2. The maximum absolute atomic E-state index is 13.0. The van der Waals surface area contributed by atoms with Gasteiger partial charge in [-0.05, 0) is 25.7 Å². The highest BCUT2D eigenvalue weighted by molar-refractivity contribution is 5.87. The van der Waals surface area contributed by atoms with Gasteiger partial charge in [0.25, 0.3) is 0 Å². The Bertz CT molecular complexity index is 571. The van der Waals surface area contributed by atoms with Crippen molar-refractivity contribution >= 4 is 17.5 Å². The molecule has 1 unspecified atom stereocenters. The van der Waals surface area contributed by atoms with Gasteiger partial charge in [0.15, 0.2) is 0 Å². The van der Waals surface area contributed by atoms with Crippen LogP contribution in [0, 0.1) is 5.92 Å². The third kappa shape index (κ3) is 28.1. The average molecular weight is 551 g/mol. The monoisotopic (exact) mass is 550 g/mol. The highest BCUT2D eigenvalue weighted by Crippen LogP contribution is 2.21. The van der Waals surface area contributed by atoms with Gasteiger partial charge in [-0.3, -0.25) is 14.4 Å². The van der Waals surface area contributed by atoms with E-state index in [0.29, 0.717) is 38.5 Å². The largest absolute Gasteiger partial charge is 0.481 e. The smallest absolute Gasteiger partial charge is 0.303 e. The van der Waals surface area contributed by atoms with Crippen LogP contribution in [0.1, 0.15) is 200 Å². The summed E-state index contributed by atoms with van der Waals surface area (Å²) in [4.78, 5) is 36.5. The molecular formula is C35H66O4. The highest BCUT2D eigenvalue weighted by atomic mass is 16.4. The molecule has 1 N–H and O–H groups in total. The number of hydrogen-bond acceptors (Lipinski definition) is 3. The van der Waals surface area contributed by atoms with Crippen molar-refractivity contribution in [3.05, 3.63) is 0 Å². The Morgan fingerprint density at radius 2 is 0.821 bits per heavy atom. The van der Waals surface area contributed by atoms with E-state index in [4.69, 9.17) is 5.11 Å². The molecule has 0 aromatic carbocycles. The maximum atomic E-state index is 13.0. The number of rotatable bonds is 32. The van der Waals surface area contributed by atoms with Crippen LogP contribution >= 0.6 is 0 Å². The second-order valence-electron chi connectivity index (χ2n) is 12.1. The van der Waals surface area contributed by atoms with Crippen molar-refractivity contribution in [2.75, 3.05) is 0 Å². The Hall–Kier alpha value is -1.19. The number of carbonyl (C=O) groups is 3. The van der Waals surface area contributed by atoms with Crippen molar-refractivity contribution in [2.24, 2.45) is 5.92 Å². The third-order valence-corrected chi connectivity index (χ3v) is 8.21. The number of carbonyl (C=O) groups excluding carboxylic acids is 2. The molecule has 0 rings (SSSR count). The molecule has 230 valence electrons. The van der Waals surface area contributed by atoms with Crippen LogP contribution in [0.15, 0.2) is 0 Å². The van der Waals surface area contributed by atoms with Crippen LogP contribution in [0.4, 0.5) is 0 Å². The first-order valence-corrected chi connectivity index (χ1v) is 17.3. The molecule has 0 aliphatic heterocycles. The number of hydrogen-bond donors (Lipinski definition) is 1. The number of carboxylic acids is 1. The fourth-order valence-electron chi connectivity index (χ4n) is 5.57. The van der Waals surface area contributed by atoms with E-state index in [2.05, 4.69) is 13.8 Å². The summed E-state index contributed by atoms with van der Waals surface area (Å²) in [5, 5.41) is 8.91. The first kappa shape index (κ1) is 37.8. The number of carboxylic acid groups (broad SMARTS) is 1. The van der Waals surface area contributed by atoms with Crippen LogP contribution in [0.2, 0.25) is 0 Å². The Labute approximate surface area is 242 Å². The molecule has 0 spiro atoms. The predicted molar refractivity (Wildman–Crippen MR) is 166 cm³/mol. The van der Waals surface area contributed by atoms with Gasteiger partial charge in [-0.2, -0.15) is 0 Å². The summed E-state index contributed by atoms with van der Waals surface area (Å²) in [6.45, 7) is 4.51. The van der Waals surface area contributed by atoms with Gasteiger partial charge in [0, 0.05) is 31.6 Å². The van der Waals surface area contributed by atoms with Gasteiger partial charge in [0.1, 0.15) is 11.6 Å². The molecule has 0 radical (unpaired) electrons. The lowest BCUT2D eigenvalue weighted by molar-refractivity contribution is -0.137. The lowest BCUT2D eigenvalue weighted by Crippen LogP contribution is -2.19. The minimum atomic E-state index is -0.786. The van der Waals surface area contributed by atoms with Gasteiger partial charge < -0.3 is 5.11 Å². The van der Waals surface area contributed by atoms with Gasteiger partial charge in [-0.15, -0.1) is 0 Å². The molecule has 0 aliphatic rings. The van der Waals surface area contributed by atoms with E-state index in [0.717, 1.165) is 25.7 Å². The summed E-state index contributed by atoms with van der Waals surface area (Å²) < 4.78 is 0. The molecule has 0 saturated heterocycles. The number of ketones is 2. The quantitative estimate of drug-likeness (QED) is 0.0845. The van der Waals surface area contributed by atoms with Crippen LogP contribution in [0.25, 0.3) is 0 Å². The van der Waals surface area contributed by atoms with E-state index in [9.17, 15) is 14.4 Å². The molecule has 0 saturated carbocycles. The molecule has 39 heavy (non-hydrogen) atoms. The second-order valence-corrected chi connectivity index (χ2v) is 12.1. The van der Waals surface area contributed by atoms with Crippen molar-refractivity contribution in [1.29, 1.82) is 0 Å². The van der Waals surface area contributed by atoms with Crippen LogP contribution < -0.4 is 0 Å². The first-order valence-electron chi connectivity index (χ1n) is 17.3. The van der Waals surface area contributed by atoms with E-state index in [1.165, 1.54) is 116 Å². The van der Waals surface area contributed by atoms with Crippen molar-refractivity contribution in [3.8, 4) is 0 Å². The molecule has 1 atom stereocenters. The van der Waals surface area contributed by atoms with Crippen molar-refractivity contribution < 1.29 is 19.5 Å². The van der Waals surface area contributed by atoms with Crippen molar-refractivity contribution in [1.82, 2.24) is 0 Å². The van der Waals surface area contributed by atoms with Gasteiger partial charge in [-0.25, -0.2) is 0 Å². The van der Waals surface area contributed by atoms with Gasteiger partial charge in [0.05, 0.1) is 0 Å². The minimum Gasteiger partial charge on any atom is -0.481 e. The van der Waals surface area contributed by atoms with Crippen LogP contribution in [0.3, 0.4) is 0 Å². The summed E-state index contributed by atoms with van der Waals surface area (Å²) in [6, 6.07) is 0. The fraction of sp³-hybridized carbons (Fsp3) is 0.914. The van der Waals surface area contributed by atoms with E-state index in [1.54, 1.807) is 0 Å². The zero-order chi connectivity index (χ0) is 28.8. The van der Waals surface area contributed by atoms with Crippen molar-refractivity contribution in [3.63, 3.8) is 0 Å². The predicted octanol–water partition coefficient (Wildman–Crippen LogP) is 11.2. The topological polar surface area (TPSA) is 71.4 Å². The van der Waals surface area contributed by atoms with Crippen LogP contribution in [-0.2, 0) is 14.4 Å². The fourth-order valence-corrected chi connectivity index (χ4v) is 5.57. The summed E-state index contributed by atoms with van der Waals surface area (Å²) in [5.74, 6) is -0.538. The zero-order valence-corrected chi connectivity index (χ0v) is 26.3. The summed E-state index contributed by atoms with van der Waals surface area (Å²) in [6.07, 6.45) is 31.5. The molecular weight excluding hydrogens is 484 g/mol. The summed E-state index contributed by atoms with van der Waals surface area (Å²) in [7, 11) is 0. The maximum Gasteiger partial charge on any atom is 0.303 e. The van der Waals surface area contributed by atoms with Crippen LogP contribution in [0.5, 0.6) is 0 Å². The van der Waals surface area contributed by atoms with E-state index in [1.807, 2.05) is 0 Å². The normalized spacial score (nSPS) is 12.1. The lowest BCUT2D eigenvalue weighted by Gasteiger charge is -2.15. The zero-order valence-electron chi connectivity index (χ0n) is 26.3. The molecule has 0 heterocycles. The van der Waals surface area contributed by atoms with Gasteiger partial charge in [0.2, 0.25) is 0 Å². The summed E-state index contributed by atoms with van der Waals surface area (Å²) >= 11 is 0.